The van der Waals surface area contributed by atoms with E-state index in [4.69, 9.17) is 12.2 Å². The third kappa shape index (κ3) is 2.73. The summed E-state index contributed by atoms with van der Waals surface area (Å²) >= 11 is 6.50. The highest BCUT2D eigenvalue weighted by Gasteiger charge is 2.30. The molecule has 1 amide bonds. The molecule has 0 saturated carbocycles. The summed E-state index contributed by atoms with van der Waals surface area (Å²) in [7, 11) is 0. The van der Waals surface area contributed by atoms with E-state index in [1.54, 1.807) is 11.1 Å². The van der Waals surface area contributed by atoms with E-state index < -0.39 is 0 Å². The molecule has 1 aromatic rings. The molecule has 0 atom stereocenters. The van der Waals surface area contributed by atoms with Crippen molar-refractivity contribution in [3.8, 4) is 0 Å². The number of nitrogens with zero attached hydrogens (tertiary/aromatic N) is 2. The Kier molecular flexibility index (Phi) is 3.91. The van der Waals surface area contributed by atoms with Crippen LogP contribution in [0.1, 0.15) is 12.6 Å². The Hall–Kier alpha value is -1.20. The Morgan fingerprint density at radius 1 is 1.53 bits per heavy atom. The van der Waals surface area contributed by atoms with Crippen molar-refractivity contribution >= 4 is 34.2 Å². The summed E-state index contributed by atoms with van der Waals surface area (Å²) in [5, 5.41) is 0. The third-order valence-electron chi connectivity index (χ3n) is 2.41. The maximum Gasteiger partial charge on any atom is 0.265 e. The number of pyridine rings is 1. The van der Waals surface area contributed by atoms with Crippen molar-refractivity contribution in [2.75, 3.05) is 6.54 Å². The van der Waals surface area contributed by atoms with E-state index in [1.807, 2.05) is 31.2 Å². The first-order valence-corrected chi connectivity index (χ1v) is 6.58. The first kappa shape index (κ1) is 12.3. The molecule has 5 heteroatoms. The largest absolute Gasteiger partial charge is 0.293 e. The van der Waals surface area contributed by atoms with Crippen LogP contribution in [-0.4, -0.2) is 26.7 Å². The normalized spacial score (nSPS) is 18.2. The van der Waals surface area contributed by atoms with Gasteiger partial charge in [-0.05, 0) is 19.1 Å². The van der Waals surface area contributed by atoms with Gasteiger partial charge in [0.1, 0.15) is 4.32 Å². The van der Waals surface area contributed by atoms with Crippen molar-refractivity contribution in [3.63, 3.8) is 0 Å². The van der Waals surface area contributed by atoms with Crippen LogP contribution in [0, 0.1) is 0 Å². The Morgan fingerprint density at radius 3 is 2.94 bits per heavy atom. The molecule has 0 unspecified atom stereocenters. The van der Waals surface area contributed by atoms with Gasteiger partial charge < -0.3 is 0 Å². The number of amides is 1. The van der Waals surface area contributed by atoms with Crippen molar-refractivity contribution < 1.29 is 4.79 Å². The number of hydrogen-bond acceptors (Lipinski definition) is 4. The molecule has 3 nitrogen and oxygen atoms in total. The first-order chi connectivity index (χ1) is 8.22. The number of likely N-dealkylation sites (N-methyl/N-ethyl adjacent to an activating group) is 1. The molecule has 1 aliphatic heterocycles. The molecular weight excluding hydrogens is 252 g/mol. The molecule has 2 heterocycles. The number of carbonyl (C=O) groups is 1. The van der Waals surface area contributed by atoms with Gasteiger partial charge in [-0.1, -0.05) is 36.1 Å². The fourth-order valence-corrected chi connectivity index (χ4v) is 2.88. The molecule has 88 valence electrons. The van der Waals surface area contributed by atoms with Crippen LogP contribution >= 0.6 is 24.0 Å². The molecule has 1 saturated heterocycles. The zero-order valence-electron chi connectivity index (χ0n) is 9.42. The fourth-order valence-electron chi connectivity index (χ4n) is 1.53. The van der Waals surface area contributed by atoms with Crippen LogP contribution in [0.15, 0.2) is 35.4 Å². The molecule has 0 N–H and O–H groups in total. The average molecular weight is 264 g/mol. The average Bonchev–Trinajstić information content (AvgIpc) is 2.63. The Labute approximate surface area is 110 Å². The summed E-state index contributed by atoms with van der Waals surface area (Å²) in [4.78, 5) is 18.4. The minimum absolute atomic E-state index is 0.0124. The zero-order valence-corrected chi connectivity index (χ0v) is 11.1. The molecule has 0 aromatic carbocycles. The molecule has 1 fully saturated rings. The van der Waals surface area contributed by atoms with Gasteiger partial charge in [-0.3, -0.25) is 14.7 Å². The molecule has 2 rings (SSSR count). The number of thioether (sulfide) groups is 1. The summed E-state index contributed by atoms with van der Waals surface area (Å²) in [6, 6.07) is 5.75. The predicted molar refractivity (Wildman–Crippen MR) is 73.6 cm³/mol. The van der Waals surface area contributed by atoms with Crippen LogP contribution < -0.4 is 0 Å². The van der Waals surface area contributed by atoms with E-state index >= 15 is 0 Å². The van der Waals surface area contributed by atoms with Crippen LogP contribution in [0.4, 0.5) is 0 Å². The molecule has 0 aliphatic carbocycles. The van der Waals surface area contributed by atoms with Crippen molar-refractivity contribution in [2.45, 2.75) is 13.3 Å². The number of aromatic nitrogens is 1. The maximum absolute atomic E-state index is 11.9. The third-order valence-corrected chi connectivity index (χ3v) is 3.84. The Balaban J connectivity index is 2.09. The van der Waals surface area contributed by atoms with E-state index in [2.05, 4.69) is 4.98 Å². The second-order valence-electron chi connectivity index (χ2n) is 3.51. The van der Waals surface area contributed by atoms with Crippen molar-refractivity contribution in [1.29, 1.82) is 0 Å². The van der Waals surface area contributed by atoms with E-state index in [0.717, 1.165) is 5.69 Å². The lowest BCUT2D eigenvalue weighted by Crippen LogP contribution is -2.27. The van der Waals surface area contributed by atoms with E-state index in [1.165, 1.54) is 11.8 Å². The molecule has 1 aromatic heterocycles. The van der Waals surface area contributed by atoms with Crippen LogP contribution in [0.2, 0.25) is 0 Å². The van der Waals surface area contributed by atoms with Gasteiger partial charge in [-0.15, -0.1) is 0 Å². The number of allylic oxidation sites excluding steroid dienone is 1. The van der Waals surface area contributed by atoms with Crippen molar-refractivity contribution in [2.24, 2.45) is 0 Å². The highest BCUT2D eigenvalue weighted by atomic mass is 32.2. The maximum atomic E-state index is 11.9. The van der Waals surface area contributed by atoms with Crippen LogP contribution in [-0.2, 0) is 11.2 Å². The van der Waals surface area contributed by atoms with Gasteiger partial charge in [0.2, 0.25) is 0 Å². The number of rotatable bonds is 3. The van der Waals surface area contributed by atoms with E-state index in [9.17, 15) is 4.79 Å². The summed E-state index contributed by atoms with van der Waals surface area (Å²) in [6.45, 7) is 2.55. The Bertz CT molecular complexity index is 471. The number of thiocarbonyl (C=S) groups is 1. The van der Waals surface area contributed by atoms with E-state index in [0.29, 0.717) is 22.2 Å². The van der Waals surface area contributed by atoms with Crippen LogP contribution in [0.5, 0.6) is 0 Å². The van der Waals surface area contributed by atoms with Gasteiger partial charge in [-0.25, -0.2) is 0 Å². The van der Waals surface area contributed by atoms with Crippen LogP contribution in [0.3, 0.4) is 0 Å². The minimum atomic E-state index is 0.0124. The number of hydrogen-bond donors (Lipinski definition) is 0. The quantitative estimate of drug-likeness (QED) is 0.620. The second-order valence-corrected chi connectivity index (χ2v) is 5.19. The van der Waals surface area contributed by atoms with Gasteiger partial charge in [0.25, 0.3) is 5.91 Å². The highest BCUT2D eigenvalue weighted by molar-refractivity contribution is 8.26. The molecule has 0 bridgehead atoms. The lowest BCUT2D eigenvalue weighted by atomic mass is 10.2. The van der Waals surface area contributed by atoms with Gasteiger partial charge in [0.05, 0.1) is 4.91 Å². The molecule has 0 radical (unpaired) electrons. The van der Waals surface area contributed by atoms with Gasteiger partial charge in [0.15, 0.2) is 0 Å². The van der Waals surface area contributed by atoms with Gasteiger partial charge in [0, 0.05) is 24.9 Å². The smallest absolute Gasteiger partial charge is 0.265 e. The summed E-state index contributed by atoms with van der Waals surface area (Å²) in [6.07, 6.45) is 4.31. The molecule has 1 aliphatic rings. The lowest BCUT2D eigenvalue weighted by molar-refractivity contribution is -0.122. The molecule has 0 spiro atoms. The van der Waals surface area contributed by atoms with Gasteiger partial charge >= 0.3 is 0 Å². The number of carbonyl (C=O) groups excluding carboxylic acids is 1. The summed E-state index contributed by atoms with van der Waals surface area (Å²) < 4.78 is 0.643. The molecular formula is C12H12N2OS2. The van der Waals surface area contributed by atoms with Crippen molar-refractivity contribution in [3.05, 3.63) is 41.1 Å². The fraction of sp³-hybridized carbons (Fsp3) is 0.250. The summed E-state index contributed by atoms with van der Waals surface area (Å²) in [5.74, 6) is 0.0124. The van der Waals surface area contributed by atoms with E-state index in [-0.39, 0.29) is 5.91 Å². The van der Waals surface area contributed by atoms with Crippen molar-refractivity contribution in [1.82, 2.24) is 9.88 Å². The monoisotopic (exact) mass is 264 g/mol. The first-order valence-electron chi connectivity index (χ1n) is 5.36. The Morgan fingerprint density at radius 2 is 2.35 bits per heavy atom. The topological polar surface area (TPSA) is 33.2 Å². The van der Waals surface area contributed by atoms with Gasteiger partial charge in [-0.2, -0.15) is 0 Å². The highest BCUT2D eigenvalue weighted by Crippen LogP contribution is 2.30. The SMILES string of the molecule is CCN1C(=O)C(=CCc2ccccn2)SC1=S. The lowest BCUT2D eigenvalue weighted by Gasteiger charge is -2.09. The minimum Gasteiger partial charge on any atom is -0.293 e. The standard InChI is InChI=1S/C12H12N2OS2/c1-2-14-11(15)10(17-12(14)16)7-6-9-5-3-4-8-13-9/h3-5,7-8H,2,6H2,1H3. The predicted octanol–water partition coefficient (Wildman–Crippen LogP) is 2.39. The van der Waals surface area contributed by atoms with Crippen LogP contribution in [0.25, 0.3) is 0 Å². The zero-order chi connectivity index (χ0) is 12.3. The second kappa shape index (κ2) is 5.42. The molecule has 17 heavy (non-hydrogen) atoms. The summed E-state index contributed by atoms with van der Waals surface area (Å²) in [5.41, 5.74) is 0.953.